The molecule has 5 aromatic carbocycles. The Labute approximate surface area is 191 Å². The van der Waals surface area contributed by atoms with Crippen LogP contribution in [0.3, 0.4) is 0 Å². The van der Waals surface area contributed by atoms with Crippen molar-refractivity contribution in [1.29, 1.82) is 0 Å². The van der Waals surface area contributed by atoms with Gasteiger partial charge in [0.1, 0.15) is 0 Å². The Hall–Kier alpha value is -3.42. The van der Waals surface area contributed by atoms with Gasteiger partial charge in [-0.1, -0.05) is 97.1 Å². The molecule has 1 unspecified atom stereocenters. The molecule has 0 spiro atoms. The van der Waals surface area contributed by atoms with Crippen molar-refractivity contribution in [3.8, 4) is 11.1 Å². The molecule has 1 aliphatic rings. The van der Waals surface area contributed by atoms with E-state index in [-0.39, 0.29) is 0 Å². The standard InChI is InChI=1S/C31H22S/c1-2-8-20(9-3-1)24-17-14-21-10-4-5-11-23(21)26-18-15-22-16-19-27-25-12-6-7-13-28(25)32-31(27)29(22)30(24)26/h1-13,15-16,18-19,24H,14,17H2. The summed E-state index contributed by atoms with van der Waals surface area (Å²) in [5.74, 6) is 0.387. The topological polar surface area (TPSA) is 0 Å². The van der Waals surface area contributed by atoms with E-state index in [2.05, 4.69) is 103 Å². The molecule has 1 heteroatoms. The van der Waals surface area contributed by atoms with Crippen molar-refractivity contribution in [2.45, 2.75) is 18.8 Å². The molecule has 1 heterocycles. The second-order valence-electron chi connectivity index (χ2n) is 8.82. The van der Waals surface area contributed by atoms with Crippen LogP contribution in [-0.2, 0) is 6.42 Å². The number of hydrogen-bond acceptors (Lipinski definition) is 1. The Morgan fingerprint density at radius 2 is 1.41 bits per heavy atom. The first kappa shape index (κ1) is 18.2. The highest BCUT2D eigenvalue weighted by atomic mass is 32.1. The van der Waals surface area contributed by atoms with Crippen LogP contribution in [0.25, 0.3) is 42.1 Å². The van der Waals surface area contributed by atoms with Crippen molar-refractivity contribution >= 4 is 42.3 Å². The maximum absolute atomic E-state index is 2.37. The molecule has 0 aliphatic heterocycles. The lowest BCUT2D eigenvalue weighted by Crippen LogP contribution is -2.03. The molecule has 0 N–H and O–H groups in total. The largest absolute Gasteiger partial charge is 0.135 e. The van der Waals surface area contributed by atoms with Crippen LogP contribution in [0.5, 0.6) is 0 Å². The van der Waals surface area contributed by atoms with Gasteiger partial charge in [0.2, 0.25) is 0 Å². The zero-order valence-electron chi connectivity index (χ0n) is 17.7. The maximum Gasteiger partial charge on any atom is 0.0437 e. The molecule has 0 saturated carbocycles. The number of rotatable bonds is 1. The number of fused-ring (bicyclic) bond motifs is 9. The van der Waals surface area contributed by atoms with Crippen molar-refractivity contribution in [2.75, 3.05) is 0 Å². The van der Waals surface area contributed by atoms with E-state index in [4.69, 9.17) is 0 Å². The number of aryl methyl sites for hydroxylation is 1. The van der Waals surface area contributed by atoms with Gasteiger partial charge in [0.15, 0.2) is 0 Å². The van der Waals surface area contributed by atoms with Crippen LogP contribution >= 0.6 is 11.3 Å². The molecule has 1 aliphatic carbocycles. The molecule has 7 rings (SSSR count). The Balaban J connectivity index is 1.67. The van der Waals surface area contributed by atoms with Gasteiger partial charge in [0, 0.05) is 31.5 Å². The van der Waals surface area contributed by atoms with Gasteiger partial charge in [0.25, 0.3) is 0 Å². The van der Waals surface area contributed by atoms with E-state index >= 15 is 0 Å². The summed E-state index contributed by atoms with van der Waals surface area (Å²) >= 11 is 1.95. The quantitative estimate of drug-likeness (QED) is 0.246. The first-order valence-electron chi connectivity index (χ1n) is 11.4. The molecule has 152 valence electrons. The van der Waals surface area contributed by atoms with Gasteiger partial charge in [-0.05, 0) is 52.1 Å². The average molecular weight is 427 g/mol. The van der Waals surface area contributed by atoms with Crippen LogP contribution in [0.4, 0.5) is 0 Å². The summed E-state index contributed by atoms with van der Waals surface area (Å²) in [6, 6.07) is 38.4. The Morgan fingerprint density at radius 1 is 0.625 bits per heavy atom. The third-order valence-electron chi connectivity index (χ3n) is 7.13. The second-order valence-corrected chi connectivity index (χ2v) is 9.88. The zero-order valence-corrected chi connectivity index (χ0v) is 18.5. The molecular weight excluding hydrogens is 404 g/mol. The summed E-state index contributed by atoms with van der Waals surface area (Å²) in [5, 5.41) is 5.56. The lowest BCUT2D eigenvalue weighted by molar-refractivity contribution is 0.730. The van der Waals surface area contributed by atoms with Gasteiger partial charge in [0.05, 0.1) is 0 Å². The number of thiophene rings is 1. The molecule has 6 aromatic rings. The van der Waals surface area contributed by atoms with Crippen LogP contribution in [0.1, 0.15) is 29.0 Å². The second kappa shape index (κ2) is 7.05. The minimum absolute atomic E-state index is 0.387. The monoisotopic (exact) mass is 426 g/mol. The summed E-state index contributed by atoms with van der Waals surface area (Å²) in [7, 11) is 0. The van der Waals surface area contributed by atoms with Gasteiger partial charge in [-0.15, -0.1) is 11.3 Å². The highest BCUT2D eigenvalue weighted by Gasteiger charge is 2.27. The normalized spacial score (nSPS) is 15.6. The molecule has 0 amide bonds. The fourth-order valence-corrected chi connectivity index (χ4v) is 6.95. The highest BCUT2D eigenvalue weighted by molar-refractivity contribution is 7.26. The van der Waals surface area contributed by atoms with E-state index < -0.39 is 0 Å². The Kier molecular flexibility index (Phi) is 4.00. The lowest BCUT2D eigenvalue weighted by atomic mass is 9.82. The first-order valence-corrected chi connectivity index (χ1v) is 12.2. The van der Waals surface area contributed by atoms with E-state index in [0.29, 0.717) is 5.92 Å². The fraction of sp³-hybridized carbons (Fsp3) is 0.0968. The average Bonchev–Trinajstić information content (AvgIpc) is 3.15. The van der Waals surface area contributed by atoms with Crippen LogP contribution in [0.15, 0.2) is 103 Å². The van der Waals surface area contributed by atoms with E-state index in [9.17, 15) is 0 Å². The zero-order chi connectivity index (χ0) is 21.1. The van der Waals surface area contributed by atoms with Gasteiger partial charge in [-0.25, -0.2) is 0 Å². The van der Waals surface area contributed by atoms with E-state index in [1.54, 1.807) is 0 Å². The van der Waals surface area contributed by atoms with E-state index in [1.807, 2.05) is 11.3 Å². The summed E-state index contributed by atoms with van der Waals surface area (Å²) in [4.78, 5) is 0. The van der Waals surface area contributed by atoms with Crippen molar-refractivity contribution in [3.63, 3.8) is 0 Å². The van der Waals surface area contributed by atoms with Gasteiger partial charge in [-0.3, -0.25) is 0 Å². The fourth-order valence-electron chi connectivity index (χ4n) is 5.68. The summed E-state index contributed by atoms with van der Waals surface area (Å²) < 4.78 is 2.80. The molecule has 32 heavy (non-hydrogen) atoms. The number of benzene rings is 5. The minimum Gasteiger partial charge on any atom is -0.135 e. The SMILES string of the molecule is c1ccc(C2CCc3ccccc3-c3ccc4ccc5c6ccccc6sc5c4c32)cc1. The molecule has 1 atom stereocenters. The maximum atomic E-state index is 2.37. The van der Waals surface area contributed by atoms with Gasteiger partial charge in [-0.2, -0.15) is 0 Å². The summed E-state index contributed by atoms with van der Waals surface area (Å²) in [6.07, 6.45) is 2.24. The van der Waals surface area contributed by atoms with Crippen molar-refractivity contribution < 1.29 is 0 Å². The van der Waals surface area contributed by atoms with Crippen molar-refractivity contribution in [1.82, 2.24) is 0 Å². The third-order valence-corrected chi connectivity index (χ3v) is 8.33. The number of hydrogen-bond donors (Lipinski definition) is 0. The van der Waals surface area contributed by atoms with E-state index in [0.717, 1.165) is 12.8 Å². The molecule has 0 bridgehead atoms. The van der Waals surface area contributed by atoms with Crippen LogP contribution in [-0.4, -0.2) is 0 Å². The predicted molar refractivity (Wildman–Crippen MR) is 139 cm³/mol. The highest BCUT2D eigenvalue weighted by Crippen LogP contribution is 2.48. The third kappa shape index (κ3) is 2.61. The lowest BCUT2D eigenvalue weighted by Gasteiger charge is -2.21. The summed E-state index contributed by atoms with van der Waals surface area (Å²) in [5.41, 5.74) is 7.21. The molecule has 0 nitrogen and oxygen atoms in total. The van der Waals surface area contributed by atoms with Crippen molar-refractivity contribution in [3.05, 3.63) is 120 Å². The molecule has 0 saturated heterocycles. The van der Waals surface area contributed by atoms with Gasteiger partial charge < -0.3 is 0 Å². The first-order chi connectivity index (χ1) is 15.9. The van der Waals surface area contributed by atoms with E-state index in [1.165, 1.54) is 58.8 Å². The van der Waals surface area contributed by atoms with Crippen LogP contribution in [0.2, 0.25) is 0 Å². The molecular formula is C31H22S. The molecule has 1 aromatic heterocycles. The molecule has 0 fully saturated rings. The smallest absolute Gasteiger partial charge is 0.0437 e. The Morgan fingerprint density at radius 3 is 2.34 bits per heavy atom. The summed E-state index contributed by atoms with van der Waals surface area (Å²) in [6.45, 7) is 0. The van der Waals surface area contributed by atoms with Gasteiger partial charge >= 0.3 is 0 Å². The molecule has 0 radical (unpaired) electrons. The van der Waals surface area contributed by atoms with Crippen LogP contribution in [0, 0.1) is 0 Å². The van der Waals surface area contributed by atoms with Crippen molar-refractivity contribution in [2.24, 2.45) is 0 Å². The predicted octanol–water partition coefficient (Wildman–Crippen LogP) is 8.95. The van der Waals surface area contributed by atoms with Crippen LogP contribution < -0.4 is 0 Å². The minimum atomic E-state index is 0.387. The Bertz CT molecular complexity index is 1620.